The molecule has 3 nitrogen and oxygen atoms in total. The first kappa shape index (κ1) is 9.31. The number of nitriles is 1. The van der Waals surface area contributed by atoms with Crippen LogP contribution in [0.1, 0.15) is 4.88 Å². The average Bonchev–Trinajstić information content (AvgIpc) is 2.61. The Morgan fingerprint density at radius 2 is 2.29 bits per heavy atom. The summed E-state index contributed by atoms with van der Waals surface area (Å²) in [5.74, 6) is 0. The Hall–Kier alpha value is -1.25. The van der Waals surface area contributed by atoms with E-state index < -0.39 is 0 Å². The summed E-state index contributed by atoms with van der Waals surface area (Å²) in [5, 5.41) is 9.51. The van der Waals surface area contributed by atoms with Crippen molar-refractivity contribution < 1.29 is 0 Å². The van der Waals surface area contributed by atoms with E-state index in [1.54, 1.807) is 6.20 Å². The molecule has 0 aromatic carbocycles. The van der Waals surface area contributed by atoms with E-state index >= 15 is 0 Å². The van der Waals surface area contributed by atoms with Crippen LogP contribution in [0, 0.1) is 11.3 Å². The van der Waals surface area contributed by atoms with E-state index in [0.29, 0.717) is 9.48 Å². The molecule has 0 fully saturated rings. The van der Waals surface area contributed by atoms with Crippen LogP contribution in [-0.2, 0) is 0 Å². The molecule has 2 rings (SSSR count). The number of hydrogen-bond acceptors (Lipinski definition) is 4. The van der Waals surface area contributed by atoms with Crippen molar-refractivity contribution in [2.45, 2.75) is 0 Å². The zero-order valence-corrected chi connectivity index (χ0v) is 9.34. The highest BCUT2D eigenvalue weighted by Gasteiger charge is 2.09. The Kier molecular flexibility index (Phi) is 2.57. The Balaban J connectivity index is 2.50. The zero-order chi connectivity index (χ0) is 9.97. The third-order valence-corrected chi connectivity index (χ3v) is 3.39. The summed E-state index contributed by atoms with van der Waals surface area (Å²) in [6, 6.07) is 7.67. The molecular weight excluding hydrogens is 262 g/mol. The summed E-state index contributed by atoms with van der Waals surface area (Å²) in [7, 11) is 0. The summed E-state index contributed by atoms with van der Waals surface area (Å²) in [5.41, 5.74) is 0.791. The van der Waals surface area contributed by atoms with Crippen LogP contribution >= 0.6 is 27.3 Å². The van der Waals surface area contributed by atoms with Gasteiger partial charge in [0.25, 0.3) is 0 Å². The molecule has 0 N–H and O–H groups in total. The Labute approximate surface area is 93.2 Å². The molecule has 0 saturated carbocycles. The van der Waals surface area contributed by atoms with Crippen molar-refractivity contribution in [2.24, 2.45) is 0 Å². The lowest BCUT2D eigenvalue weighted by molar-refractivity contribution is 1.27. The molecule has 0 radical (unpaired) electrons. The van der Waals surface area contributed by atoms with E-state index in [9.17, 15) is 0 Å². The van der Waals surface area contributed by atoms with E-state index in [-0.39, 0.29) is 0 Å². The van der Waals surface area contributed by atoms with Gasteiger partial charge < -0.3 is 0 Å². The maximum absolute atomic E-state index is 8.75. The second kappa shape index (κ2) is 3.86. The van der Waals surface area contributed by atoms with Crippen molar-refractivity contribution in [2.75, 3.05) is 0 Å². The van der Waals surface area contributed by atoms with E-state index in [2.05, 4.69) is 32.0 Å². The average molecular weight is 266 g/mol. The standard InChI is InChI=1S/C9H4BrN3S/c10-8-7(5-11)14-9(13-8)6-3-1-2-4-12-6/h1-4H. The lowest BCUT2D eigenvalue weighted by Crippen LogP contribution is -1.78. The van der Waals surface area contributed by atoms with Gasteiger partial charge >= 0.3 is 0 Å². The zero-order valence-electron chi connectivity index (χ0n) is 6.94. The smallest absolute Gasteiger partial charge is 0.144 e. The number of aromatic nitrogens is 2. The van der Waals surface area contributed by atoms with Crippen molar-refractivity contribution in [3.05, 3.63) is 33.9 Å². The predicted molar refractivity (Wildman–Crippen MR) is 57.8 cm³/mol. The molecule has 2 aromatic heterocycles. The highest BCUT2D eigenvalue weighted by Crippen LogP contribution is 2.28. The molecular formula is C9H4BrN3S. The maximum atomic E-state index is 8.75. The second-order valence-electron chi connectivity index (χ2n) is 2.47. The van der Waals surface area contributed by atoms with Gasteiger partial charge in [-0.05, 0) is 28.1 Å². The van der Waals surface area contributed by atoms with Crippen LogP contribution in [0.15, 0.2) is 29.0 Å². The SMILES string of the molecule is N#Cc1sc(-c2ccccn2)nc1Br. The number of rotatable bonds is 1. The van der Waals surface area contributed by atoms with Gasteiger partial charge in [-0.1, -0.05) is 6.07 Å². The number of pyridine rings is 1. The highest BCUT2D eigenvalue weighted by atomic mass is 79.9. The van der Waals surface area contributed by atoms with E-state index in [1.807, 2.05) is 18.2 Å². The summed E-state index contributed by atoms with van der Waals surface area (Å²) in [4.78, 5) is 8.93. The summed E-state index contributed by atoms with van der Waals surface area (Å²) >= 11 is 4.55. The van der Waals surface area contributed by atoms with Gasteiger partial charge in [0.15, 0.2) is 0 Å². The molecule has 0 amide bonds. The minimum absolute atomic E-state index is 0.575. The lowest BCUT2D eigenvalue weighted by Gasteiger charge is -1.91. The first-order valence-corrected chi connectivity index (χ1v) is 5.40. The predicted octanol–water partition coefficient (Wildman–Crippen LogP) is 2.84. The molecule has 2 heterocycles. The van der Waals surface area contributed by atoms with E-state index in [4.69, 9.17) is 5.26 Å². The minimum atomic E-state index is 0.575. The molecule has 68 valence electrons. The molecule has 0 spiro atoms. The van der Waals surface area contributed by atoms with Crippen LogP contribution in [0.2, 0.25) is 0 Å². The Morgan fingerprint density at radius 3 is 2.86 bits per heavy atom. The first-order valence-electron chi connectivity index (χ1n) is 3.79. The first-order chi connectivity index (χ1) is 6.81. The van der Waals surface area contributed by atoms with Crippen LogP contribution in [0.4, 0.5) is 0 Å². The second-order valence-corrected chi connectivity index (χ2v) is 4.22. The molecule has 0 aliphatic heterocycles. The molecule has 0 saturated heterocycles. The number of halogens is 1. The van der Waals surface area contributed by atoms with Gasteiger partial charge in [-0.3, -0.25) is 4.98 Å². The van der Waals surface area contributed by atoms with Gasteiger partial charge in [-0.15, -0.1) is 11.3 Å². The normalized spacial score (nSPS) is 9.71. The fraction of sp³-hybridized carbons (Fsp3) is 0. The fourth-order valence-electron chi connectivity index (χ4n) is 0.969. The van der Waals surface area contributed by atoms with Crippen molar-refractivity contribution in [3.8, 4) is 16.8 Å². The fourth-order valence-corrected chi connectivity index (χ4v) is 2.33. The van der Waals surface area contributed by atoms with Crippen LogP contribution in [0.25, 0.3) is 10.7 Å². The quantitative estimate of drug-likeness (QED) is 0.797. The maximum Gasteiger partial charge on any atom is 0.144 e. The number of hydrogen-bond donors (Lipinski definition) is 0. The molecule has 0 atom stereocenters. The van der Waals surface area contributed by atoms with Gasteiger partial charge in [0.2, 0.25) is 0 Å². The van der Waals surface area contributed by atoms with E-state index in [0.717, 1.165) is 10.7 Å². The molecule has 0 aliphatic carbocycles. The monoisotopic (exact) mass is 265 g/mol. The van der Waals surface area contributed by atoms with Gasteiger partial charge in [-0.2, -0.15) is 5.26 Å². The molecule has 14 heavy (non-hydrogen) atoms. The van der Waals surface area contributed by atoms with Gasteiger partial charge in [0.05, 0.1) is 5.69 Å². The summed E-state index contributed by atoms with van der Waals surface area (Å²) in [6.45, 7) is 0. The Bertz CT molecular complexity index is 487. The number of thiazole rings is 1. The van der Waals surface area contributed by atoms with Crippen molar-refractivity contribution >= 4 is 27.3 Å². The van der Waals surface area contributed by atoms with Gasteiger partial charge in [-0.25, -0.2) is 4.98 Å². The van der Waals surface area contributed by atoms with Crippen molar-refractivity contribution in [3.63, 3.8) is 0 Å². The van der Waals surface area contributed by atoms with Crippen molar-refractivity contribution in [1.82, 2.24) is 9.97 Å². The van der Waals surface area contributed by atoms with Crippen LogP contribution in [-0.4, -0.2) is 9.97 Å². The van der Waals surface area contributed by atoms with Gasteiger partial charge in [0.1, 0.15) is 20.6 Å². The highest BCUT2D eigenvalue weighted by molar-refractivity contribution is 9.10. The topological polar surface area (TPSA) is 49.6 Å². The number of nitrogens with zero attached hydrogens (tertiary/aromatic N) is 3. The Morgan fingerprint density at radius 1 is 1.43 bits per heavy atom. The molecule has 0 aliphatic rings. The van der Waals surface area contributed by atoms with Crippen molar-refractivity contribution in [1.29, 1.82) is 5.26 Å². The lowest BCUT2D eigenvalue weighted by atomic mass is 10.4. The molecule has 0 unspecified atom stereocenters. The third-order valence-electron chi connectivity index (χ3n) is 1.57. The molecule has 2 aromatic rings. The van der Waals surface area contributed by atoms with E-state index in [1.165, 1.54) is 11.3 Å². The van der Waals surface area contributed by atoms with Crippen LogP contribution in [0.3, 0.4) is 0 Å². The van der Waals surface area contributed by atoms with Crippen LogP contribution in [0.5, 0.6) is 0 Å². The van der Waals surface area contributed by atoms with Crippen LogP contribution < -0.4 is 0 Å². The summed E-state index contributed by atoms with van der Waals surface area (Å²) in [6.07, 6.45) is 1.71. The third kappa shape index (κ3) is 1.67. The molecule has 5 heteroatoms. The largest absolute Gasteiger partial charge is 0.254 e. The van der Waals surface area contributed by atoms with Gasteiger partial charge in [0, 0.05) is 6.20 Å². The minimum Gasteiger partial charge on any atom is -0.254 e. The molecule has 0 bridgehead atoms. The summed E-state index contributed by atoms with van der Waals surface area (Å²) < 4.78 is 0.589.